The van der Waals surface area contributed by atoms with Crippen LogP contribution < -0.4 is 0 Å². The van der Waals surface area contributed by atoms with Crippen molar-refractivity contribution in [3.05, 3.63) is 76.9 Å². The van der Waals surface area contributed by atoms with E-state index in [9.17, 15) is 9.18 Å². The third kappa shape index (κ3) is 6.67. The first-order valence-corrected chi connectivity index (χ1v) is 13.8. The van der Waals surface area contributed by atoms with Crippen molar-refractivity contribution in [1.29, 1.82) is 0 Å². The molecule has 2 heterocycles. The van der Waals surface area contributed by atoms with Crippen molar-refractivity contribution in [2.75, 3.05) is 0 Å². The van der Waals surface area contributed by atoms with Gasteiger partial charge in [-0.1, -0.05) is 32.1 Å². The maximum Gasteiger partial charge on any atom is 0.155 e. The summed E-state index contributed by atoms with van der Waals surface area (Å²) in [5, 5.41) is 10.8. The zero-order valence-corrected chi connectivity index (χ0v) is 25.0. The Labute approximate surface area is 243 Å². The molecule has 6 heteroatoms. The average molecular weight is 705 g/mol. The van der Waals surface area contributed by atoms with E-state index in [1.54, 1.807) is 11.6 Å². The number of fused-ring (bicyclic) bond motifs is 4. The number of ketones is 1. The van der Waals surface area contributed by atoms with Crippen LogP contribution in [0.2, 0.25) is 0 Å². The normalized spacial score (nSPS) is 15.8. The van der Waals surface area contributed by atoms with E-state index in [2.05, 4.69) is 23.2 Å². The summed E-state index contributed by atoms with van der Waals surface area (Å²) in [5.41, 5.74) is 7.88. The second kappa shape index (κ2) is 13.0. The molecule has 207 valence electrons. The first kappa shape index (κ1) is 29.2. The molecule has 0 saturated heterocycles. The van der Waals surface area contributed by atoms with Gasteiger partial charge in [0.1, 0.15) is 11.2 Å². The Morgan fingerprint density at radius 1 is 1.13 bits per heavy atom. The number of pyridine rings is 1. The van der Waals surface area contributed by atoms with E-state index in [0.717, 1.165) is 46.6 Å². The summed E-state index contributed by atoms with van der Waals surface area (Å²) in [7, 11) is 0. The molecule has 4 nitrogen and oxygen atoms in total. The van der Waals surface area contributed by atoms with Gasteiger partial charge in [0.25, 0.3) is 0 Å². The zero-order chi connectivity index (χ0) is 26.6. The number of benzene rings is 2. The van der Waals surface area contributed by atoms with Crippen LogP contribution >= 0.6 is 0 Å². The van der Waals surface area contributed by atoms with Gasteiger partial charge in [-0.25, -0.2) is 0 Å². The molecule has 0 amide bonds. The van der Waals surface area contributed by atoms with E-state index in [4.69, 9.17) is 9.52 Å². The smallest absolute Gasteiger partial charge is 0.155 e. The number of allylic oxidation sites excluding steroid dienone is 2. The molecular weight excluding hydrogens is 670 g/mol. The minimum atomic E-state index is -0.289. The van der Waals surface area contributed by atoms with Crippen molar-refractivity contribution in [3.63, 3.8) is 0 Å². The third-order valence-corrected chi connectivity index (χ3v) is 7.77. The van der Waals surface area contributed by atoms with Crippen LogP contribution in [0.15, 0.2) is 52.8 Å². The Morgan fingerprint density at radius 2 is 1.90 bits per heavy atom. The molecule has 6 rings (SSSR count). The molecule has 2 aromatic heterocycles. The number of halogens is 1. The van der Waals surface area contributed by atoms with Crippen LogP contribution in [0.4, 0.5) is 4.39 Å². The SMILES string of the molecule is CC(=O)/C=C(/C)O.Fc1c[c-]c(-c2nccc3c2oc2cc4c(c(CC5CCCCC5)c23)CCCC4)cc1.[Ir]. The molecule has 0 atom stereocenters. The number of hydrogen-bond acceptors (Lipinski definition) is 4. The molecule has 2 aromatic carbocycles. The van der Waals surface area contributed by atoms with Gasteiger partial charge in [0, 0.05) is 54.7 Å². The van der Waals surface area contributed by atoms with Gasteiger partial charge in [-0.3, -0.25) is 9.18 Å². The fraction of sp³-hybridized carbons (Fsp3) is 0.394. The maximum atomic E-state index is 13.5. The molecule has 1 N–H and O–H groups in total. The number of carbonyl (C=O) groups excluding carboxylic acids is 1. The Bertz CT molecular complexity index is 1480. The number of nitrogens with zero attached hydrogens (tertiary/aromatic N) is 1. The Balaban J connectivity index is 0.000000394. The molecule has 1 radical (unpaired) electrons. The monoisotopic (exact) mass is 705 g/mol. The number of aromatic nitrogens is 1. The van der Waals surface area contributed by atoms with Crippen molar-refractivity contribution in [2.24, 2.45) is 5.92 Å². The summed E-state index contributed by atoms with van der Waals surface area (Å²) in [6, 6.07) is 12.0. The molecule has 2 aliphatic carbocycles. The number of furan rings is 1. The standard InChI is InChI=1S/C28H27FNO.C5H8O2.Ir/c29-21-12-10-19(11-13-21)27-28-23(14-15-30-27)26-24(16-18-6-2-1-3-7-18)22-9-5-4-8-20(22)17-25(26)31-28;1-4(6)3-5(2)7;/h10,12-15,17-18H,1-9,16H2;3,6H,1-2H3;/q-1;;/b;4-3-;. The summed E-state index contributed by atoms with van der Waals surface area (Å²) >= 11 is 0. The summed E-state index contributed by atoms with van der Waals surface area (Å²) in [6.45, 7) is 2.85. The van der Waals surface area contributed by atoms with Gasteiger partial charge < -0.3 is 14.5 Å². The molecule has 0 bridgehead atoms. The number of hydrogen-bond donors (Lipinski definition) is 1. The number of aryl methyl sites for hydroxylation is 1. The summed E-state index contributed by atoms with van der Waals surface area (Å²) in [5.74, 6) is 0.428. The molecule has 4 aromatic rings. The quantitative estimate of drug-likeness (QED) is 0.131. The second-order valence-electron chi connectivity index (χ2n) is 10.7. The molecule has 0 unspecified atom stereocenters. The van der Waals surface area contributed by atoms with Crippen molar-refractivity contribution >= 4 is 27.7 Å². The number of aliphatic hydroxyl groups excluding tert-OH is 1. The van der Waals surface area contributed by atoms with Gasteiger partial charge in [0.2, 0.25) is 0 Å². The van der Waals surface area contributed by atoms with Crippen LogP contribution in [0.3, 0.4) is 0 Å². The van der Waals surface area contributed by atoms with E-state index in [1.807, 2.05) is 6.20 Å². The van der Waals surface area contributed by atoms with Gasteiger partial charge >= 0.3 is 0 Å². The topological polar surface area (TPSA) is 63.3 Å². The minimum absolute atomic E-state index is 0. The fourth-order valence-corrected chi connectivity index (χ4v) is 6.14. The average Bonchev–Trinajstić information content (AvgIpc) is 3.28. The van der Waals surface area contributed by atoms with E-state index < -0.39 is 0 Å². The molecule has 0 aliphatic heterocycles. The first-order chi connectivity index (χ1) is 18.4. The molecule has 1 fully saturated rings. The number of carbonyl (C=O) groups is 1. The molecular formula is C33H35FIrNO3-. The summed E-state index contributed by atoms with van der Waals surface area (Å²) in [6.07, 6.45) is 15.9. The molecule has 39 heavy (non-hydrogen) atoms. The number of aliphatic hydroxyl groups is 1. The molecule has 0 spiro atoms. The van der Waals surface area contributed by atoms with Crippen molar-refractivity contribution in [1.82, 2.24) is 4.98 Å². The molecule has 1 saturated carbocycles. The summed E-state index contributed by atoms with van der Waals surface area (Å²) in [4.78, 5) is 14.6. The van der Waals surface area contributed by atoms with Crippen LogP contribution in [0.1, 0.15) is 75.5 Å². The van der Waals surface area contributed by atoms with Crippen LogP contribution in [-0.2, 0) is 44.2 Å². The van der Waals surface area contributed by atoms with E-state index in [-0.39, 0.29) is 37.5 Å². The third-order valence-electron chi connectivity index (χ3n) is 7.77. The predicted octanol–water partition coefficient (Wildman–Crippen LogP) is 8.62. The van der Waals surface area contributed by atoms with Crippen molar-refractivity contribution in [3.8, 4) is 11.3 Å². The summed E-state index contributed by atoms with van der Waals surface area (Å²) < 4.78 is 19.9. The largest absolute Gasteiger partial charge is 0.512 e. The van der Waals surface area contributed by atoms with Crippen LogP contribution in [0.25, 0.3) is 33.2 Å². The van der Waals surface area contributed by atoms with Crippen molar-refractivity contribution < 1.29 is 38.8 Å². The minimum Gasteiger partial charge on any atom is -0.512 e. The van der Waals surface area contributed by atoms with Gasteiger partial charge in [-0.05, 0) is 80.7 Å². The first-order valence-electron chi connectivity index (χ1n) is 13.8. The Kier molecular flexibility index (Phi) is 9.74. The predicted molar refractivity (Wildman–Crippen MR) is 150 cm³/mol. The van der Waals surface area contributed by atoms with E-state index >= 15 is 0 Å². The Morgan fingerprint density at radius 3 is 2.56 bits per heavy atom. The van der Waals surface area contributed by atoms with Gasteiger partial charge in [-0.15, -0.1) is 29.8 Å². The number of rotatable bonds is 4. The van der Waals surface area contributed by atoms with E-state index in [1.165, 1.54) is 99.9 Å². The van der Waals surface area contributed by atoms with Gasteiger partial charge in [0.15, 0.2) is 5.78 Å². The maximum absolute atomic E-state index is 13.5. The Hall–Kier alpha value is -2.82. The van der Waals surface area contributed by atoms with Crippen LogP contribution in [-0.4, -0.2) is 15.9 Å². The van der Waals surface area contributed by atoms with Crippen LogP contribution in [0.5, 0.6) is 0 Å². The van der Waals surface area contributed by atoms with Gasteiger partial charge in [-0.2, -0.15) is 0 Å². The van der Waals surface area contributed by atoms with Crippen molar-refractivity contribution in [2.45, 2.75) is 78.1 Å². The molecule has 2 aliphatic rings. The van der Waals surface area contributed by atoms with Gasteiger partial charge in [0.05, 0.1) is 5.76 Å². The zero-order valence-electron chi connectivity index (χ0n) is 22.6. The van der Waals surface area contributed by atoms with E-state index in [0.29, 0.717) is 0 Å². The van der Waals surface area contributed by atoms with Crippen LogP contribution in [0, 0.1) is 17.8 Å². The second-order valence-corrected chi connectivity index (χ2v) is 10.7. The fourth-order valence-electron chi connectivity index (χ4n) is 6.14.